The number of benzene rings is 1. The SMILES string of the molecule is O=[N+]([O-])c1cccc2c(NCC3CCCN3)ccnc12. The van der Waals surface area contributed by atoms with Crippen molar-refractivity contribution in [1.82, 2.24) is 10.3 Å². The van der Waals surface area contributed by atoms with Crippen LogP contribution in [-0.2, 0) is 0 Å². The lowest BCUT2D eigenvalue weighted by atomic mass is 10.1. The molecule has 3 rings (SSSR count). The number of rotatable bonds is 4. The number of nitro benzene ring substituents is 1. The van der Waals surface area contributed by atoms with Crippen molar-refractivity contribution < 1.29 is 4.92 Å². The molecule has 1 saturated heterocycles. The molecule has 0 aliphatic carbocycles. The third kappa shape index (κ3) is 2.42. The van der Waals surface area contributed by atoms with Crippen LogP contribution in [0.1, 0.15) is 12.8 Å². The number of hydrogen-bond acceptors (Lipinski definition) is 5. The normalized spacial score (nSPS) is 18.3. The zero-order chi connectivity index (χ0) is 13.9. The second-order valence-corrected chi connectivity index (χ2v) is 4.96. The number of nitro groups is 1. The molecule has 6 nitrogen and oxygen atoms in total. The molecule has 0 bridgehead atoms. The van der Waals surface area contributed by atoms with Gasteiger partial charge in [0.2, 0.25) is 0 Å². The minimum absolute atomic E-state index is 0.0464. The highest BCUT2D eigenvalue weighted by atomic mass is 16.6. The van der Waals surface area contributed by atoms with Gasteiger partial charge in [-0.25, -0.2) is 4.98 Å². The molecule has 104 valence electrons. The summed E-state index contributed by atoms with van der Waals surface area (Å²) in [5.74, 6) is 0. The second kappa shape index (κ2) is 5.42. The molecule has 0 amide bonds. The summed E-state index contributed by atoms with van der Waals surface area (Å²) in [6.45, 7) is 1.89. The van der Waals surface area contributed by atoms with Crippen molar-refractivity contribution in [1.29, 1.82) is 0 Å². The van der Waals surface area contributed by atoms with E-state index in [9.17, 15) is 10.1 Å². The van der Waals surface area contributed by atoms with E-state index in [1.54, 1.807) is 12.3 Å². The molecule has 1 aliphatic heterocycles. The fourth-order valence-electron chi connectivity index (χ4n) is 2.63. The van der Waals surface area contributed by atoms with E-state index in [0.717, 1.165) is 30.6 Å². The number of anilines is 1. The van der Waals surface area contributed by atoms with E-state index in [4.69, 9.17) is 0 Å². The van der Waals surface area contributed by atoms with Gasteiger partial charge in [-0.05, 0) is 25.5 Å². The summed E-state index contributed by atoms with van der Waals surface area (Å²) in [7, 11) is 0. The maximum absolute atomic E-state index is 11.0. The van der Waals surface area contributed by atoms with Gasteiger partial charge in [0.15, 0.2) is 0 Å². The van der Waals surface area contributed by atoms with Crippen LogP contribution in [0.3, 0.4) is 0 Å². The molecule has 1 aromatic heterocycles. The van der Waals surface area contributed by atoms with Crippen molar-refractivity contribution in [3.05, 3.63) is 40.6 Å². The van der Waals surface area contributed by atoms with E-state index in [2.05, 4.69) is 15.6 Å². The number of para-hydroxylation sites is 1. The van der Waals surface area contributed by atoms with E-state index >= 15 is 0 Å². The van der Waals surface area contributed by atoms with Crippen molar-refractivity contribution in [2.75, 3.05) is 18.4 Å². The number of aromatic nitrogens is 1. The minimum Gasteiger partial charge on any atom is -0.383 e. The van der Waals surface area contributed by atoms with Crippen LogP contribution in [0.2, 0.25) is 0 Å². The number of non-ortho nitro benzene ring substituents is 1. The van der Waals surface area contributed by atoms with Crippen molar-refractivity contribution in [2.45, 2.75) is 18.9 Å². The fraction of sp³-hybridized carbons (Fsp3) is 0.357. The molecule has 0 spiro atoms. The highest BCUT2D eigenvalue weighted by Crippen LogP contribution is 2.28. The van der Waals surface area contributed by atoms with Gasteiger partial charge in [-0.1, -0.05) is 12.1 Å². The van der Waals surface area contributed by atoms with Crippen LogP contribution in [0.25, 0.3) is 10.9 Å². The summed E-state index contributed by atoms with van der Waals surface area (Å²) in [5.41, 5.74) is 1.37. The summed E-state index contributed by atoms with van der Waals surface area (Å²) in [6, 6.07) is 7.37. The Morgan fingerprint density at radius 2 is 2.35 bits per heavy atom. The highest BCUT2D eigenvalue weighted by molar-refractivity contribution is 5.96. The molecule has 1 aliphatic rings. The van der Waals surface area contributed by atoms with E-state index < -0.39 is 4.92 Å². The summed E-state index contributed by atoms with van der Waals surface area (Å²) in [6.07, 6.45) is 3.98. The predicted octanol–water partition coefficient (Wildman–Crippen LogP) is 2.31. The van der Waals surface area contributed by atoms with E-state index in [1.165, 1.54) is 12.5 Å². The van der Waals surface area contributed by atoms with Gasteiger partial charge in [0.1, 0.15) is 5.52 Å². The molecule has 0 saturated carbocycles. The summed E-state index contributed by atoms with van der Waals surface area (Å²) >= 11 is 0. The van der Waals surface area contributed by atoms with Crippen LogP contribution in [0.4, 0.5) is 11.4 Å². The Bertz CT molecular complexity index is 638. The van der Waals surface area contributed by atoms with Crippen LogP contribution in [0, 0.1) is 10.1 Å². The molecule has 1 aromatic carbocycles. The molecule has 1 unspecified atom stereocenters. The van der Waals surface area contributed by atoms with Gasteiger partial charge in [0.05, 0.1) is 4.92 Å². The molecule has 20 heavy (non-hydrogen) atoms. The smallest absolute Gasteiger partial charge is 0.295 e. The summed E-state index contributed by atoms with van der Waals surface area (Å²) in [4.78, 5) is 14.8. The molecule has 6 heteroatoms. The Morgan fingerprint density at radius 1 is 1.45 bits per heavy atom. The zero-order valence-electron chi connectivity index (χ0n) is 11.0. The molecule has 2 aromatic rings. The molecule has 1 atom stereocenters. The molecule has 2 N–H and O–H groups in total. The quantitative estimate of drug-likeness (QED) is 0.659. The zero-order valence-corrected chi connectivity index (χ0v) is 11.0. The van der Waals surface area contributed by atoms with Crippen LogP contribution < -0.4 is 10.6 Å². The van der Waals surface area contributed by atoms with Gasteiger partial charge < -0.3 is 10.6 Å². The fourth-order valence-corrected chi connectivity index (χ4v) is 2.63. The van der Waals surface area contributed by atoms with E-state index in [0.29, 0.717) is 11.6 Å². The maximum Gasteiger partial charge on any atom is 0.295 e. The first-order valence-corrected chi connectivity index (χ1v) is 6.75. The maximum atomic E-state index is 11.0. The van der Waals surface area contributed by atoms with E-state index in [-0.39, 0.29) is 5.69 Å². The first-order valence-electron chi connectivity index (χ1n) is 6.75. The first kappa shape index (κ1) is 12.8. The summed E-state index contributed by atoms with van der Waals surface area (Å²) in [5, 5.41) is 18.6. The lowest BCUT2D eigenvalue weighted by molar-refractivity contribution is -0.383. The topological polar surface area (TPSA) is 80.1 Å². The van der Waals surface area contributed by atoms with Gasteiger partial charge in [0.25, 0.3) is 5.69 Å². The standard InChI is InChI=1S/C14H16N4O2/c19-18(20)13-5-1-4-11-12(6-8-16-14(11)13)17-9-10-3-2-7-15-10/h1,4-6,8,10,15H,2-3,7,9H2,(H,16,17). The summed E-state index contributed by atoms with van der Waals surface area (Å²) < 4.78 is 0. The van der Waals surface area contributed by atoms with Gasteiger partial charge in [-0.2, -0.15) is 0 Å². The second-order valence-electron chi connectivity index (χ2n) is 4.96. The lowest BCUT2D eigenvalue weighted by Gasteiger charge is -2.14. The predicted molar refractivity (Wildman–Crippen MR) is 77.9 cm³/mol. The van der Waals surface area contributed by atoms with Crippen molar-refractivity contribution in [3.8, 4) is 0 Å². The average Bonchev–Trinajstić information content (AvgIpc) is 2.97. The van der Waals surface area contributed by atoms with Crippen molar-refractivity contribution in [3.63, 3.8) is 0 Å². The van der Waals surface area contributed by atoms with Crippen LogP contribution in [-0.4, -0.2) is 29.0 Å². The Balaban J connectivity index is 1.90. The Morgan fingerprint density at radius 3 is 3.10 bits per heavy atom. The molecular formula is C14H16N4O2. The van der Waals surface area contributed by atoms with Crippen LogP contribution in [0.5, 0.6) is 0 Å². The van der Waals surface area contributed by atoms with E-state index in [1.807, 2.05) is 12.1 Å². The monoisotopic (exact) mass is 272 g/mol. The Kier molecular flexibility index (Phi) is 3.47. The highest BCUT2D eigenvalue weighted by Gasteiger charge is 2.16. The van der Waals surface area contributed by atoms with Gasteiger partial charge in [-0.15, -0.1) is 0 Å². The number of pyridine rings is 1. The largest absolute Gasteiger partial charge is 0.383 e. The van der Waals surface area contributed by atoms with Gasteiger partial charge >= 0.3 is 0 Å². The first-order chi connectivity index (χ1) is 9.75. The van der Waals surface area contributed by atoms with Crippen molar-refractivity contribution >= 4 is 22.3 Å². The van der Waals surface area contributed by atoms with Gasteiger partial charge in [0, 0.05) is 35.9 Å². The minimum atomic E-state index is -0.391. The number of nitrogens with one attached hydrogen (secondary N) is 2. The number of fused-ring (bicyclic) bond motifs is 1. The third-order valence-electron chi connectivity index (χ3n) is 3.65. The van der Waals surface area contributed by atoms with Crippen LogP contribution >= 0.6 is 0 Å². The van der Waals surface area contributed by atoms with Crippen molar-refractivity contribution in [2.24, 2.45) is 0 Å². The molecule has 2 heterocycles. The average molecular weight is 272 g/mol. The lowest BCUT2D eigenvalue weighted by Crippen LogP contribution is -2.29. The molecule has 1 fully saturated rings. The third-order valence-corrected chi connectivity index (χ3v) is 3.65. The van der Waals surface area contributed by atoms with Crippen LogP contribution in [0.15, 0.2) is 30.5 Å². The molecular weight excluding hydrogens is 256 g/mol. The number of nitrogens with zero attached hydrogens (tertiary/aromatic N) is 2. The Hall–Kier alpha value is -2.21. The Labute approximate surface area is 116 Å². The molecule has 0 radical (unpaired) electrons. The number of hydrogen-bond donors (Lipinski definition) is 2. The van der Waals surface area contributed by atoms with Gasteiger partial charge in [-0.3, -0.25) is 10.1 Å².